The fourth-order valence-electron chi connectivity index (χ4n) is 4.20. The molecule has 3 aromatic rings. The molecule has 4 rings (SSSR count). The molecule has 2 aromatic carbocycles. The third-order valence-electron chi connectivity index (χ3n) is 5.82. The van der Waals surface area contributed by atoms with E-state index in [-0.39, 0.29) is 24.0 Å². The lowest BCUT2D eigenvalue weighted by Gasteiger charge is -2.29. The first-order valence-corrected chi connectivity index (χ1v) is 11.5. The second-order valence-electron chi connectivity index (χ2n) is 8.16. The SMILES string of the molecule is COc1ccc([C@H](NC(=O)N2CCC[C@@H]2c2nc3ccccc3s2)C(C)C)cc1OC. The largest absolute Gasteiger partial charge is 0.493 e. The Bertz CT molecular complexity index is 1030. The van der Waals surface area contributed by atoms with Gasteiger partial charge < -0.3 is 19.7 Å². The Morgan fingerprint density at radius 3 is 2.65 bits per heavy atom. The fourth-order valence-corrected chi connectivity index (χ4v) is 5.31. The number of fused-ring (bicyclic) bond motifs is 1. The second kappa shape index (κ2) is 9.14. The molecule has 2 atom stereocenters. The van der Waals surface area contributed by atoms with Gasteiger partial charge in [0.15, 0.2) is 11.5 Å². The van der Waals surface area contributed by atoms with E-state index < -0.39 is 0 Å². The third-order valence-corrected chi connectivity index (χ3v) is 6.96. The Hall–Kier alpha value is -2.80. The molecule has 1 aliphatic rings. The number of rotatable bonds is 6. The van der Waals surface area contributed by atoms with Gasteiger partial charge in [0, 0.05) is 6.54 Å². The first-order valence-electron chi connectivity index (χ1n) is 10.7. The summed E-state index contributed by atoms with van der Waals surface area (Å²) in [5.41, 5.74) is 2.00. The van der Waals surface area contributed by atoms with E-state index in [2.05, 4.69) is 25.2 Å². The number of para-hydroxylation sites is 1. The Morgan fingerprint density at radius 1 is 1.16 bits per heavy atom. The van der Waals surface area contributed by atoms with Crippen molar-refractivity contribution < 1.29 is 14.3 Å². The summed E-state index contributed by atoms with van der Waals surface area (Å²) in [6.07, 6.45) is 1.92. The van der Waals surface area contributed by atoms with Gasteiger partial charge in [0.05, 0.1) is 36.5 Å². The van der Waals surface area contributed by atoms with Crippen molar-refractivity contribution in [2.75, 3.05) is 20.8 Å². The van der Waals surface area contributed by atoms with Crippen LogP contribution in [0.25, 0.3) is 10.2 Å². The molecule has 0 unspecified atom stereocenters. The summed E-state index contributed by atoms with van der Waals surface area (Å²) in [5, 5.41) is 4.28. The first kappa shape index (κ1) is 21.4. The molecule has 2 amide bonds. The quantitative estimate of drug-likeness (QED) is 0.546. The predicted octanol–water partition coefficient (Wildman–Crippen LogP) is 5.56. The van der Waals surface area contributed by atoms with Crippen LogP contribution in [0.4, 0.5) is 4.79 Å². The second-order valence-corrected chi connectivity index (χ2v) is 9.22. The summed E-state index contributed by atoms with van der Waals surface area (Å²) in [6, 6.07) is 13.8. The van der Waals surface area contributed by atoms with Gasteiger partial charge in [0.1, 0.15) is 5.01 Å². The van der Waals surface area contributed by atoms with Crippen LogP contribution < -0.4 is 14.8 Å². The molecule has 0 radical (unpaired) electrons. The van der Waals surface area contributed by atoms with Crippen LogP contribution in [0.5, 0.6) is 11.5 Å². The molecular weight excluding hydrogens is 410 g/mol. The first-order chi connectivity index (χ1) is 15.0. The Kier molecular flexibility index (Phi) is 6.32. The highest BCUT2D eigenvalue weighted by Crippen LogP contribution is 2.37. The van der Waals surface area contributed by atoms with Gasteiger partial charge in [-0.1, -0.05) is 32.0 Å². The Balaban J connectivity index is 1.55. The van der Waals surface area contributed by atoms with Gasteiger partial charge in [-0.3, -0.25) is 0 Å². The van der Waals surface area contributed by atoms with Crippen LogP contribution in [0.1, 0.15) is 49.3 Å². The lowest BCUT2D eigenvalue weighted by Crippen LogP contribution is -2.42. The highest BCUT2D eigenvalue weighted by atomic mass is 32.1. The number of benzene rings is 2. The molecule has 1 saturated heterocycles. The third kappa shape index (κ3) is 4.32. The smallest absolute Gasteiger partial charge is 0.318 e. The van der Waals surface area contributed by atoms with Gasteiger partial charge in [-0.25, -0.2) is 9.78 Å². The monoisotopic (exact) mass is 439 g/mol. The zero-order valence-electron chi connectivity index (χ0n) is 18.4. The summed E-state index contributed by atoms with van der Waals surface area (Å²) in [4.78, 5) is 20.1. The maximum absolute atomic E-state index is 13.3. The van der Waals surface area contributed by atoms with Crippen LogP contribution in [0.2, 0.25) is 0 Å². The van der Waals surface area contributed by atoms with Crippen LogP contribution in [0, 0.1) is 5.92 Å². The van der Waals surface area contributed by atoms with Gasteiger partial charge in [0.2, 0.25) is 0 Å². The maximum atomic E-state index is 13.3. The van der Waals surface area contributed by atoms with Crippen LogP contribution in [0.3, 0.4) is 0 Å². The minimum absolute atomic E-state index is 0.0237. The molecule has 0 saturated carbocycles. The number of carbonyl (C=O) groups is 1. The van der Waals surface area contributed by atoms with Crippen molar-refractivity contribution >= 4 is 27.6 Å². The molecule has 1 aromatic heterocycles. The van der Waals surface area contributed by atoms with E-state index in [9.17, 15) is 4.79 Å². The number of nitrogens with one attached hydrogen (secondary N) is 1. The van der Waals surface area contributed by atoms with Gasteiger partial charge in [-0.05, 0) is 48.6 Å². The van der Waals surface area contributed by atoms with Gasteiger partial charge in [0.25, 0.3) is 0 Å². The van der Waals surface area contributed by atoms with E-state index in [1.54, 1.807) is 25.6 Å². The molecule has 2 heterocycles. The average molecular weight is 440 g/mol. The summed E-state index contributed by atoms with van der Waals surface area (Å²) in [7, 11) is 3.24. The number of hydrogen-bond acceptors (Lipinski definition) is 5. The van der Waals surface area contributed by atoms with E-state index in [0.717, 1.165) is 40.2 Å². The normalized spacial score (nSPS) is 17.2. The van der Waals surface area contributed by atoms with E-state index in [0.29, 0.717) is 11.5 Å². The molecule has 31 heavy (non-hydrogen) atoms. The number of hydrogen-bond donors (Lipinski definition) is 1. The standard InChI is InChI=1S/C24H29N3O3S/c1-15(2)22(16-11-12-19(29-3)20(14-16)30-4)26-24(28)27-13-7-9-18(27)23-25-17-8-5-6-10-21(17)31-23/h5-6,8,10-12,14-15,18,22H,7,9,13H2,1-4H3,(H,26,28)/t18-,22-/m1/s1. The van der Waals surface area contributed by atoms with Crippen molar-refractivity contribution in [1.29, 1.82) is 0 Å². The summed E-state index contributed by atoms with van der Waals surface area (Å²) in [5.74, 6) is 1.55. The number of ether oxygens (including phenoxy) is 2. The van der Waals surface area contributed by atoms with Crippen molar-refractivity contribution in [2.24, 2.45) is 5.92 Å². The van der Waals surface area contributed by atoms with Gasteiger partial charge in [-0.15, -0.1) is 11.3 Å². The van der Waals surface area contributed by atoms with E-state index in [4.69, 9.17) is 14.5 Å². The van der Waals surface area contributed by atoms with Crippen LogP contribution >= 0.6 is 11.3 Å². The number of thiazole rings is 1. The molecule has 0 spiro atoms. The molecular formula is C24H29N3O3S. The van der Waals surface area contributed by atoms with Crippen molar-refractivity contribution in [3.63, 3.8) is 0 Å². The van der Waals surface area contributed by atoms with Crippen molar-refractivity contribution in [3.8, 4) is 11.5 Å². The number of aromatic nitrogens is 1. The average Bonchev–Trinajstić information content (AvgIpc) is 3.43. The van der Waals surface area contributed by atoms with Crippen LogP contribution in [0.15, 0.2) is 42.5 Å². The lowest BCUT2D eigenvalue weighted by atomic mass is 9.95. The molecule has 164 valence electrons. The number of carbonyl (C=O) groups excluding carboxylic acids is 1. The molecule has 0 aliphatic carbocycles. The Labute approximate surface area is 187 Å². The minimum atomic E-state index is -0.135. The van der Waals surface area contributed by atoms with Crippen LogP contribution in [-0.2, 0) is 0 Å². The number of nitrogens with zero attached hydrogens (tertiary/aromatic N) is 2. The summed E-state index contributed by atoms with van der Waals surface area (Å²) in [6.45, 7) is 4.95. The van der Waals surface area contributed by atoms with Gasteiger partial charge in [-0.2, -0.15) is 0 Å². The lowest BCUT2D eigenvalue weighted by molar-refractivity contribution is 0.185. The molecule has 1 aliphatic heterocycles. The number of urea groups is 1. The zero-order chi connectivity index (χ0) is 22.0. The molecule has 0 bridgehead atoms. The fraction of sp³-hybridized carbons (Fsp3) is 0.417. The van der Waals surface area contributed by atoms with E-state index in [1.807, 2.05) is 41.3 Å². The Morgan fingerprint density at radius 2 is 1.94 bits per heavy atom. The molecule has 1 fully saturated rings. The number of likely N-dealkylation sites (tertiary alicyclic amines) is 1. The van der Waals surface area contributed by atoms with E-state index >= 15 is 0 Å². The molecule has 6 nitrogen and oxygen atoms in total. The van der Waals surface area contributed by atoms with Crippen molar-refractivity contribution in [3.05, 3.63) is 53.0 Å². The summed E-state index contributed by atoms with van der Waals surface area (Å²) >= 11 is 1.68. The number of methoxy groups -OCH3 is 2. The zero-order valence-corrected chi connectivity index (χ0v) is 19.2. The topological polar surface area (TPSA) is 63.7 Å². The highest BCUT2D eigenvalue weighted by Gasteiger charge is 2.34. The maximum Gasteiger partial charge on any atom is 0.318 e. The molecule has 7 heteroatoms. The molecule has 1 N–H and O–H groups in total. The van der Waals surface area contributed by atoms with Crippen LogP contribution in [-0.4, -0.2) is 36.7 Å². The van der Waals surface area contributed by atoms with Crippen molar-refractivity contribution in [1.82, 2.24) is 15.2 Å². The van der Waals surface area contributed by atoms with E-state index in [1.165, 1.54) is 0 Å². The predicted molar refractivity (Wildman–Crippen MR) is 124 cm³/mol. The number of amides is 2. The minimum Gasteiger partial charge on any atom is -0.493 e. The van der Waals surface area contributed by atoms with Gasteiger partial charge >= 0.3 is 6.03 Å². The van der Waals surface area contributed by atoms with Crippen molar-refractivity contribution in [2.45, 2.75) is 38.8 Å². The summed E-state index contributed by atoms with van der Waals surface area (Å²) < 4.78 is 12.0. The highest BCUT2D eigenvalue weighted by molar-refractivity contribution is 7.18.